The summed E-state index contributed by atoms with van der Waals surface area (Å²) in [5.41, 5.74) is 4.06. The van der Waals surface area contributed by atoms with E-state index in [9.17, 15) is 13.2 Å². The molecule has 2 fully saturated rings. The Morgan fingerprint density at radius 1 is 1.10 bits per heavy atom. The highest BCUT2D eigenvalue weighted by atomic mass is 19.4. The van der Waals surface area contributed by atoms with Gasteiger partial charge in [0.25, 0.3) is 0 Å². The Hall–Kier alpha value is -3.47. The predicted molar refractivity (Wildman–Crippen MR) is 141 cm³/mol. The number of halogens is 3. The van der Waals surface area contributed by atoms with Crippen molar-refractivity contribution in [2.45, 2.75) is 57.5 Å². The van der Waals surface area contributed by atoms with Crippen LogP contribution >= 0.6 is 0 Å². The lowest BCUT2D eigenvalue weighted by atomic mass is 9.83. The Labute approximate surface area is 224 Å². The van der Waals surface area contributed by atoms with Gasteiger partial charge in [0.1, 0.15) is 6.33 Å². The number of nitrogens with zero attached hydrogens (tertiary/aromatic N) is 6. The maximum Gasteiger partial charge on any atom is 0.393 e. The van der Waals surface area contributed by atoms with Crippen molar-refractivity contribution >= 4 is 5.65 Å². The van der Waals surface area contributed by atoms with Crippen molar-refractivity contribution in [1.29, 1.82) is 0 Å². The van der Waals surface area contributed by atoms with Gasteiger partial charge in [0.05, 0.1) is 30.6 Å². The number of nitrogens with one attached hydrogen (secondary N) is 1. The molecule has 2 aliphatic rings. The summed E-state index contributed by atoms with van der Waals surface area (Å²) in [5, 5.41) is 11.3. The van der Waals surface area contributed by atoms with Crippen LogP contribution in [0.25, 0.3) is 28.3 Å². The first-order chi connectivity index (χ1) is 18.8. The summed E-state index contributed by atoms with van der Waals surface area (Å²) in [5.74, 6) is 1.68. The molecular formula is C28H32F3N7O. The summed E-state index contributed by atoms with van der Waals surface area (Å²) in [6, 6.07) is 3.51. The largest absolute Gasteiger partial charge is 0.493 e. The molecule has 1 aliphatic carbocycles. The lowest BCUT2D eigenvalue weighted by molar-refractivity contribution is -0.127. The highest BCUT2D eigenvalue weighted by Gasteiger charge is 2.33. The molecule has 1 aliphatic heterocycles. The summed E-state index contributed by atoms with van der Waals surface area (Å²) < 4.78 is 48.2. The molecule has 0 unspecified atom stereocenters. The number of likely N-dealkylation sites (tertiary alicyclic amines) is 1. The van der Waals surface area contributed by atoms with Gasteiger partial charge in [-0.2, -0.15) is 23.4 Å². The van der Waals surface area contributed by atoms with Crippen molar-refractivity contribution in [2.24, 2.45) is 5.92 Å². The number of hydrogen-bond donors (Lipinski definition) is 1. The van der Waals surface area contributed by atoms with E-state index in [4.69, 9.17) is 4.74 Å². The Balaban J connectivity index is 1.29. The predicted octanol–water partition coefficient (Wildman–Crippen LogP) is 5.58. The number of piperidine rings is 1. The molecule has 0 bridgehead atoms. The first kappa shape index (κ1) is 25.8. The van der Waals surface area contributed by atoms with Crippen LogP contribution in [0.4, 0.5) is 13.2 Å². The third kappa shape index (κ3) is 5.24. The van der Waals surface area contributed by atoms with Gasteiger partial charge in [-0.1, -0.05) is 6.42 Å². The number of methoxy groups -OCH3 is 1. The van der Waals surface area contributed by atoms with Crippen LogP contribution in [0, 0.1) is 12.8 Å². The van der Waals surface area contributed by atoms with E-state index in [0.717, 1.165) is 37.4 Å². The third-order valence-corrected chi connectivity index (χ3v) is 8.26. The molecule has 1 saturated carbocycles. The smallest absolute Gasteiger partial charge is 0.393 e. The molecular weight excluding hydrogens is 507 g/mol. The van der Waals surface area contributed by atoms with Gasteiger partial charge in [-0.15, -0.1) is 0 Å². The fourth-order valence-electron chi connectivity index (χ4n) is 5.96. The maximum absolute atomic E-state index is 13.8. The molecule has 4 aromatic rings. The van der Waals surface area contributed by atoms with Crippen LogP contribution in [0.5, 0.6) is 5.75 Å². The van der Waals surface area contributed by atoms with E-state index in [-0.39, 0.29) is 17.0 Å². The fraction of sp³-hybridized carbons (Fsp3) is 0.500. The number of aryl methyl sites for hydroxylation is 1. The van der Waals surface area contributed by atoms with Crippen molar-refractivity contribution in [1.82, 2.24) is 34.7 Å². The summed E-state index contributed by atoms with van der Waals surface area (Å²) in [6.07, 6.45) is 5.47. The summed E-state index contributed by atoms with van der Waals surface area (Å²) in [6.45, 7) is 5.40. The Bertz CT molecular complexity index is 1470. The minimum absolute atomic E-state index is 0.0352. The van der Waals surface area contributed by atoms with Crippen LogP contribution in [0.3, 0.4) is 0 Å². The molecule has 0 atom stereocenters. The molecule has 4 aromatic heterocycles. The number of H-pyrrole nitrogens is 1. The number of aromatic amines is 1. The molecule has 11 heteroatoms. The van der Waals surface area contributed by atoms with E-state index in [1.165, 1.54) is 49.3 Å². The molecule has 8 nitrogen and oxygen atoms in total. The van der Waals surface area contributed by atoms with Gasteiger partial charge in [0, 0.05) is 30.1 Å². The molecule has 0 amide bonds. The average molecular weight is 540 g/mol. The van der Waals surface area contributed by atoms with Crippen LogP contribution in [-0.4, -0.2) is 67.6 Å². The van der Waals surface area contributed by atoms with Gasteiger partial charge in [-0.05, 0) is 80.8 Å². The number of aromatic nitrogens is 6. The van der Waals surface area contributed by atoms with E-state index < -0.39 is 12.6 Å². The average Bonchev–Trinajstić information content (AvgIpc) is 3.52. The van der Waals surface area contributed by atoms with Crippen LogP contribution in [-0.2, 0) is 6.42 Å². The zero-order chi connectivity index (χ0) is 27.1. The van der Waals surface area contributed by atoms with Crippen molar-refractivity contribution in [3.05, 3.63) is 47.5 Å². The van der Waals surface area contributed by atoms with E-state index in [1.54, 1.807) is 12.3 Å². The second kappa shape index (κ2) is 10.3. The maximum atomic E-state index is 13.8. The van der Waals surface area contributed by atoms with Crippen molar-refractivity contribution < 1.29 is 17.9 Å². The van der Waals surface area contributed by atoms with Crippen molar-refractivity contribution in [3.8, 4) is 28.4 Å². The number of hydrogen-bond acceptors (Lipinski definition) is 6. The van der Waals surface area contributed by atoms with Crippen LogP contribution in [0.15, 0.2) is 30.9 Å². The zero-order valence-electron chi connectivity index (χ0n) is 22.1. The second-order valence-electron chi connectivity index (χ2n) is 10.8. The van der Waals surface area contributed by atoms with Crippen LogP contribution in [0.1, 0.15) is 54.7 Å². The SMILES string of the molecule is COc1cc(-c2n[nH]c(-c3cc(C)c(C4CCN(CC5CCC5)CC4)cn3)c2CC(F)(F)F)cn2ncnc12. The minimum atomic E-state index is -4.43. The van der Waals surface area contributed by atoms with E-state index >= 15 is 0 Å². The molecule has 0 aromatic carbocycles. The summed E-state index contributed by atoms with van der Waals surface area (Å²) in [4.78, 5) is 11.4. The van der Waals surface area contributed by atoms with Gasteiger partial charge in [0.2, 0.25) is 0 Å². The fourth-order valence-corrected chi connectivity index (χ4v) is 5.96. The van der Waals surface area contributed by atoms with Gasteiger partial charge >= 0.3 is 6.18 Å². The summed E-state index contributed by atoms with van der Waals surface area (Å²) >= 11 is 0. The molecule has 5 heterocycles. The van der Waals surface area contributed by atoms with Gasteiger partial charge in [0.15, 0.2) is 11.4 Å². The van der Waals surface area contributed by atoms with Gasteiger partial charge in [-0.25, -0.2) is 9.50 Å². The number of ether oxygens (including phenoxy) is 1. The third-order valence-electron chi connectivity index (χ3n) is 8.26. The van der Waals surface area contributed by atoms with Crippen molar-refractivity contribution in [2.75, 3.05) is 26.7 Å². The first-order valence-corrected chi connectivity index (χ1v) is 13.5. The van der Waals surface area contributed by atoms with Crippen LogP contribution < -0.4 is 4.74 Å². The van der Waals surface area contributed by atoms with E-state index in [0.29, 0.717) is 28.6 Å². The van der Waals surface area contributed by atoms with Crippen molar-refractivity contribution in [3.63, 3.8) is 0 Å². The Morgan fingerprint density at radius 2 is 1.90 bits per heavy atom. The Kier molecular flexibility index (Phi) is 6.78. The number of rotatable bonds is 7. The lowest BCUT2D eigenvalue weighted by Gasteiger charge is -2.37. The van der Waals surface area contributed by atoms with Crippen LogP contribution in [0.2, 0.25) is 0 Å². The lowest BCUT2D eigenvalue weighted by Crippen LogP contribution is -2.38. The van der Waals surface area contributed by atoms with E-state index in [1.807, 2.05) is 19.2 Å². The van der Waals surface area contributed by atoms with E-state index in [2.05, 4.69) is 30.2 Å². The number of fused-ring (bicyclic) bond motifs is 1. The molecule has 0 radical (unpaired) electrons. The molecule has 1 N–H and O–H groups in total. The first-order valence-electron chi connectivity index (χ1n) is 13.5. The molecule has 206 valence electrons. The quantitative estimate of drug-likeness (QED) is 0.330. The topological polar surface area (TPSA) is 84.2 Å². The number of alkyl halides is 3. The normalized spacial score (nSPS) is 17.6. The monoisotopic (exact) mass is 539 g/mol. The molecule has 39 heavy (non-hydrogen) atoms. The highest BCUT2D eigenvalue weighted by Crippen LogP contribution is 2.38. The zero-order valence-corrected chi connectivity index (χ0v) is 22.1. The summed E-state index contributed by atoms with van der Waals surface area (Å²) in [7, 11) is 1.48. The Morgan fingerprint density at radius 3 is 2.56 bits per heavy atom. The molecule has 6 rings (SSSR count). The highest BCUT2D eigenvalue weighted by molar-refractivity contribution is 5.75. The van der Waals surface area contributed by atoms with Gasteiger partial charge < -0.3 is 9.64 Å². The van der Waals surface area contributed by atoms with Gasteiger partial charge in [-0.3, -0.25) is 10.1 Å². The molecule has 0 spiro atoms. The minimum Gasteiger partial charge on any atom is -0.493 e. The molecule has 1 saturated heterocycles. The second-order valence-corrected chi connectivity index (χ2v) is 10.8. The standard InChI is InChI=1S/C28H32F3N7O/c1-17-10-23(32-13-22(17)19-6-8-37(9-7-19)14-18-4-3-5-18)26-21(12-28(29,30)31)25(35-36-26)20-11-24(39-2)27-33-16-34-38(27)15-20/h10-11,13,15-16,18-19H,3-9,12,14H2,1-2H3,(H,35,36). The number of pyridine rings is 2.